The maximum absolute atomic E-state index is 12.4. The Bertz CT molecular complexity index is 681. The third-order valence-corrected chi connectivity index (χ3v) is 4.04. The number of hydrogen-bond acceptors (Lipinski definition) is 4. The lowest BCUT2D eigenvalue weighted by Crippen LogP contribution is -2.38. The smallest absolute Gasteiger partial charge is 0.324 e. The Kier molecular flexibility index (Phi) is 4.55. The normalized spacial score (nSPS) is 15.0. The molecule has 0 fully saturated rings. The summed E-state index contributed by atoms with van der Waals surface area (Å²) in [7, 11) is 0. The zero-order valence-electron chi connectivity index (χ0n) is 13.6. The van der Waals surface area contributed by atoms with E-state index in [1.807, 2.05) is 18.7 Å². The number of rotatable bonds is 2. The van der Waals surface area contributed by atoms with Crippen LogP contribution < -0.4 is 5.32 Å². The van der Waals surface area contributed by atoms with Crippen LogP contribution in [0.25, 0.3) is 0 Å². The van der Waals surface area contributed by atoms with Gasteiger partial charge < -0.3 is 4.90 Å². The van der Waals surface area contributed by atoms with Crippen molar-refractivity contribution < 1.29 is 4.79 Å². The molecule has 1 aliphatic heterocycles. The Labute approximate surface area is 135 Å². The van der Waals surface area contributed by atoms with E-state index < -0.39 is 0 Å². The molecule has 7 nitrogen and oxygen atoms in total. The Morgan fingerprint density at radius 1 is 1.17 bits per heavy atom. The van der Waals surface area contributed by atoms with Crippen LogP contribution in [0, 0.1) is 0 Å². The third-order valence-electron chi connectivity index (χ3n) is 4.04. The lowest BCUT2D eigenvalue weighted by molar-refractivity contribution is 0.210. The number of aryl methyl sites for hydroxylation is 1. The van der Waals surface area contributed by atoms with Crippen molar-refractivity contribution in [2.75, 3.05) is 18.4 Å². The van der Waals surface area contributed by atoms with Gasteiger partial charge in [0.05, 0.1) is 6.04 Å². The highest BCUT2D eigenvalue weighted by Crippen LogP contribution is 2.16. The molecule has 23 heavy (non-hydrogen) atoms. The number of aromatic nitrogens is 4. The molecule has 2 amide bonds. The number of carbonyl (C=O) groups excluding carboxylic acids is 1. The Hall–Kier alpha value is -2.44. The first-order chi connectivity index (χ1) is 11.1. The van der Waals surface area contributed by atoms with Gasteiger partial charge in [-0.3, -0.25) is 5.32 Å². The molecule has 1 aromatic carbocycles. The van der Waals surface area contributed by atoms with E-state index in [1.54, 1.807) is 0 Å². The molecule has 0 atom stereocenters. The van der Waals surface area contributed by atoms with E-state index in [2.05, 4.69) is 45.0 Å². The Morgan fingerprint density at radius 2 is 1.91 bits per heavy atom. The molecular formula is C16H22N6O. The maximum Gasteiger partial charge on any atom is 0.324 e. The number of benzene rings is 1. The van der Waals surface area contributed by atoms with Gasteiger partial charge in [-0.25, -0.2) is 4.79 Å². The molecule has 7 heteroatoms. The summed E-state index contributed by atoms with van der Waals surface area (Å²) < 4.78 is 0. The van der Waals surface area contributed by atoms with Crippen LogP contribution in [0.1, 0.15) is 37.4 Å². The van der Waals surface area contributed by atoms with Crippen LogP contribution in [0.5, 0.6) is 0 Å². The van der Waals surface area contributed by atoms with Crippen molar-refractivity contribution in [1.82, 2.24) is 25.1 Å². The fourth-order valence-electron chi connectivity index (χ4n) is 2.74. The van der Waals surface area contributed by atoms with E-state index in [0.717, 1.165) is 25.8 Å². The molecule has 0 aliphatic carbocycles. The van der Waals surface area contributed by atoms with Crippen molar-refractivity contribution in [3.63, 3.8) is 0 Å². The van der Waals surface area contributed by atoms with Crippen molar-refractivity contribution in [2.24, 2.45) is 0 Å². The minimum Gasteiger partial charge on any atom is -0.324 e. The minimum absolute atomic E-state index is 0.117. The second kappa shape index (κ2) is 6.76. The molecule has 1 aromatic heterocycles. The average Bonchev–Trinajstić information content (AvgIpc) is 2.97. The predicted octanol–water partition coefficient (Wildman–Crippen LogP) is 2.28. The topological polar surface area (TPSA) is 75.9 Å². The van der Waals surface area contributed by atoms with Crippen LogP contribution in [-0.2, 0) is 12.8 Å². The summed E-state index contributed by atoms with van der Waals surface area (Å²) in [5, 5.41) is 14.7. The first-order valence-corrected chi connectivity index (χ1v) is 8.05. The number of tetrazole rings is 1. The zero-order chi connectivity index (χ0) is 16.2. The fraction of sp³-hybridized carbons (Fsp3) is 0.500. The standard InChI is InChI=1S/C16H22N6O/c1-12(2)22-19-15(18-20-22)17-16(23)21-10-5-8-13-6-3-4-7-14(13)9-11-21/h3-4,6-7,12H,5,8-11H2,1-2H3,(H,17,19,23). The number of fused-ring (bicyclic) bond motifs is 1. The van der Waals surface area contributed by atoms with Crippen LogP contribution in [0.15, 0.2) is 24.3 Å². The molecular weight excluding hydrogens is 292 g/mol. The molecule has 1 aliphatic rings. The molecule has 0 bridgehead atoms. The SMILES string of the molecule is CC(C)n1nnc(NC(=O)N2CCCc3ccccc3CC2)n1. The lowest BCUT2D eigenvalue weighted by Gasteiger charge is -2.25. The van der Waals surface area contributed by atoms with Crippen LogP contribution >= 0.6 is 0 Å². The fourth-order valence-corrected chi connectivity index (χ4v) is 2.74. The van der Waals surface area contributed by atoms with Gasteiger partial charge in [0.15, 0.2) is 0 Å². The van der Waals surface area contributed by atoms with E-state index in [4.69, 9.17) is 0 Å². The third kappa shape index (κ3) is 3.67. The highest BCUT2D eigenvalue weighted by molar-refractivity contribution is 5.87. The van der Waals surface area contributed by atoms with Crippen molar-refractivity contribution in [3.05, 3.63) is 35.4 Å². The molecule has 0 saturated carbocycles. The van der Waals surface area contributed by atoms with Gasteiger partial charge in [0.25, 0.3) is 5.95 Å². The molecule has 3 rings (SSSR count). The largest absolute Gasteiger partial charge is 0.324 e. The Morgan fingerprint density at radius 3 is 2.61 bits per heavy atom. The van der Waals surface area contributed by atoms with Gasteiger partial charge in [0, 0.05) is 13.1 Å². The first kappa shape index (κ1) is 15.5. The van der Waals surface area contributed by atoms with Crippen LogP contribution in [0.3, 0.4) is 0 Å². The van der Waals surface area contributed by atoms with Crippen LogP contribution in [-0.4, -0.2) is 44.2 Å². The number of amides is 2. The molecule has 2 aromatic rings. The van der Waals surface area contributed by atoms with E-state index in [0.29, 0.717) is 6.54 Å². The summed E-state index contributed by atoms with van der Waals surface area (Å²) in [5.41, 5.74) is 2.72. The second-order valence-electron chi connectivity index (χ2n) is 6.07. The minimum atomic E-state index is -0.160. The quantitative estimate of drug-likeness (QED) is 0.922. The first-order valence-electron chi connectivity index (χ1n) is 8.05. The summed E-state index contributed by atoms with van der Waals surface area (Å²) in [6.45, 7) is 5.35. The van der Waals surface area contributed by atoms with E-state index in [9.17, 15) is 4.79 Å². The number of hydrogen-bond donors (Lipinski definition) is 1. The zero-order valence-corrected chi connectivity index (χ0v) is 13.6. The molecule has 2 heterocycles. The van der Waals surface area contributed by atoms with Gasteiger partial charge in [-0.15, -0.1) is 5.10 Å². The van der Waals surface area contributed by atoms with Gasteiger partial charge in [0.2, 0.25) is 0 Å². The lowest BCUT2D eigenvalue weighted by atomic mass is 9.98. The number of anilines is 1. The highest BCUT2D eigenvalue weighted by Gasteiger charge is 2.18. The summed E-state index contributed by atoms with van der Waals surface area (Å²) in [6.07, 6.45) is 2.83. The van der Waals surface area contributed by atoms with Gasteiger partial charge in [-0.1, -0.05) is 29.4 Å². The number of urea groups is 1. The monoisotopic (exact) mass is 314 g/mol. The summed E-state index contributed by atoms with van der Waals surface area (Å²) in [4.78, 5) is 15.7. The highest BCUT2D eigenvalue weighted by atomic mass is 16.2. The molecule has 0 radical (unpaired) electrons. The summed E-state index contributed by atoms with van der Waals surface area (Å²) >= 11 is 0. The molecule has 0 saturated heterocycles. The average molecular weight is 314 g/mol. The molecule has 0 unspecified atom stereocenters. The van der Waals surface area contributed by atoms with E-state index in [1.165, 1.54) is 15.9 Å². The summed E-state index contributed by atoms with van der Waals surface area (Å²) in [5.74, 6) is 0.256. The van der Waals surface area contributed by atoms with E-state index in [-0.39, 0.29) is 18.0 Å². The van der Waals surface area contributed by atoms with Crippen molar-refractivity contribution in [1.29, 1.82) is 0 Å². The van der Waals surface area contributed by atoms with Gasteiger partial charge in [-0.2, -0.15) is 4.80 Å². The molecule has 0 spiro atoms. The van der Waals surface area contributed by atoms with Gasteiger partial charge in [0.1, 0.15) is 0 Å². The summed E-state index contributed by atoms with van der Waals surface area (Å²) in [6, 6.07) is 8.42. The van der Waals surface area contributed by atoms with Crippen molar-refractivity contribution >= 4 is 12.0 Å². The van der Waals surface area contributed by atoms with E-state index >= 15 is 0 Å². The van der Waals surface area contributed by atoms with Crippen LogP contribution in [0.4, 0.5) is 10.7 Å². The maximum atomic E-state index is 12.4. The van der Waals surface area contributed by atoms with Gasteiger partial charge in [-0.05, 0) is 49.5 Å². The Balaban J connectivity index is 1.63. The number of nitrogens with zero attached hydrogens (tertiary/aromatic N) is 5. The van der Waals surface area contributed by atoms with Crippen LogP contribution in [0.2, 0.25) is 0 Å². The van der Waals surface area contributed by atoms with Gasteiger partial charge >= 0.3 is 6.03 Å². The number of nitrogens with one attached hydrogen (secondary N) is 1. The molecule has 1 N–H and O–H groups in total. The van der Waals surface area contributed by atoms with Crippen molar-refractivity contribution in [3.8, 4) is 0 Å². The van der Waals surface area contributed by atoms with Crippen molar-refractivity contribution in [2.45, 2.75) is 39.2 Å². The second-order valence-corrected chi connectivity index (χ2v) is 6.07. The number of carbonyl (C=O) groups is 1. The molecule has 122 valence electrons. The predicted molar refractivity (Wildman–Crippen MR) is 87.3 cm³/mol.